The fourth-order valence-corrected chi connectivity index (χ4v) is 2.48. The molecule has 0 aliphatic carbocycles. The molecular weight excluding hydrogens is 325 g/mol. The number of nitrogens with zero attached hydrogens (tertiary/aromatic N) is 1. The van der Waals surface area contributed by atoms with Crippen LogP contribution in [0.2, 0.25) is 0 Å². The lowest BCUT2D eigenvalue weighted by Crippen LogP contribution is -2.33. The Kier molecular flexibility index (Phi) is 6.19. The van der Waals surface area contributed by atoms with E-state index in [-0.39, 0.29) is 35.9 Å². The van der Waals surface area contributed by atoms with E-state index in [1.807, 2.05) is 13.8 Å². The van der Waals surface area contributed by atoms with Gasteiger partial charge in [0.25, 0.3) is 5.69 Å². The van der Waals surface area contributed by atoms with Gasteiger partial charge in [-0.25, -0.2) is 4.39 Å². The van der Waals surface area contributed by atoms with Gasteiger partial charge in [-0.15, -0.1) is 0 Å². The fourth-order valence-electron chi connectivity index (χ4n) is 2.48. The van der Waals surface area contributed by atoms with Crippen molar-refractivity contribution in [3.8, 4) is 0 Å². The predicted octanol–water partition coefficient (Wildman–Crippen LogP) is 3.66. The maximum Gasteiger partial charge on any atom is 0.269 e. The van der Waals surface area contributed by atoms with Crippen molar-refractivity contribution in [1.82, 2.24) is 5.32 Å². The summed E-state index contributed by atoms with van der Waals surface area (Å²) in [5.41, 5.74) is 1.35. The Bertz CT molecular complexity index is 730. The minimum absolute atomic E-state index is 0.0349. The van der Waals surface area contributed by atoms with Crippen LogP contribution in [-0.4, -0.2) is 17.4 Å². The van der Waals surface area contributed by atoms with Gasteiger partial charge in [-0.2, -0.15) is 0 Å². The third kappa shape index (κ3) is 5.36. The molecule has 0 aromatic heterocycles. The molecule has 6 nitrogen and oxygen atoms in total. The van der Waals surface area contributed by atoms with Gasteiger partial charge < -0.3 is 10.6 Å². The molecule has 2 rings (SSSR count). The highest BCUT2D eigenvalue weighted by Gasteiger charge is 2.17. The van der Waals surface area contributed by atoms with E-state index in [0.717, 1.165) is 5.56 Å². The molecule has 1 amide bonds. The van der Waals surface area contributed by atoms with Crippen LogP contribution in [0.25, 0.3) is 0 Å². The number of nitrogens with one attached hydrogen (secondary N) is 2. The number of carbonyl (C=O) groups is 1. The largest absolute Gasteiger partial charge is 0.325 e. The van der Waals surface area contributed by atoms with Crippen molar-refractivity contribution in [3.63, 3.8) is 0 Å². The van der Waals surface area contributed by atoms with Crippen molar-refractivity contribution in [3.05, 3.63) is 70.0 Å². The van der Waals surface area contributed by atoms with E-state index < -0.39 is 4.92 Å². The summed E-state index contributed by atoms with van der Waals surface area (Å²) in [4.78, 5) is 22.2. The van der Waals surface area contributed by atoms with Gasteiger partial charge in [0.15, 0.2) is 0 Å². The maximum absolute atomic E-state index is 13.1. The fraction of sp³-hybridized carbons (Fsp3) is 0.278. The third-order valence-corrected chi connectivity index (χ3v) is 3.74. The molecule has 1 atom stereocenters. The summed E-state index contributed by atoms with van der Waals surface area (Å²) < 4.78 is 13.1. The highest BCUT2D eigenvalue weighted by Crippen LogP contribution is 2.22. The molecule has 0 radical (unpaired) electrons. The van der Waals surface area contributed by atoms with Crippen molar-refractivity contribution < 1.29 is 14.1 Å². The number of carbonyl (C=O) groups excluding carboxylic acids is 1. The van der Waals surface area contributed by atoms with Crippen molar-refractivity contribution in [2.45, 2.75) is 19.9 Å². The second kappa shape index (κ2) is 8.34. The summed E-state index contributed by atoms with van der Waals surface area (Å²) in [6.07, 6.45) is 0. The van der Waals surface area contributed by atoms with Crippen LogP contribution < -0.4 is 10.6 Å². The SMILES string of the molecule is CC(C)[C@H](NCC(=O)Nc1ccc([N+](=O)[O-])cc1)c1ccc(F)cc1. The van der Waals surface area contributed by atoms with Gasteiger partial charge in [-0.3, -0.25) is 14.9 Å². The van der Waals surface area contributed by atoms with Crippen LogP contribution >= 0.6 is 0 Å². The first-order valence-electron chi connectivity index (χ1n) is 7.90. The summed E-state index contributed by atoms with van der Waals surface area (Å²) in [6.45, 7) is 4.09. The predicted molar refractivity (Wildman–Crippen MR) is 93.7 cm³/mol. The number of nitro groups is 1. The molecule has 2 aromatic rings. The number of nitro benzene ring substituents is 1. The van der Waals surface area contributed by atoms with Crippen molar-refractivity contribution in [1.29, 1.82) is 0 Å². The maximum atomic E-state index is 13.1. The molecule has 0 heterocycles. The van der Waals surface area contributed by atoms with E-state index in [1.165, 1.54) is 36.4 Å². The summed E-state index contributed by atoms with van der Waals surface area (Å²) in [5, 5.41) is 16.5. The second-order valence-electron chi connectivity index (χ2n) is 6.01. The number of amides is 1. The smallest absolute Gasteiger partial charge is 0.269 e. The highest BCUT2D eigenvalue weighted by atomic mass is 19.1. The highest BCUT2D eigenvalue weighted by molar-refractivity contribution is 5.92. The molecule has 0 saturated carbocycles. The molecule has 0 aliphatic heterocycles. The summed E-state index contributed by atoms with van der Waals surface area (Å²) in [7, 11) is 0. The van der Waals surface area contributed by atoms with Crippen LogP contribution in [0, 0.1) is 21.8 Å². The van der Waals surface area contributed by atoms with E-state index in [9.17, 15) is 19.3 Å². The number of non-ortho nitro benzene ring substituents is 1. The van der Waals surface area contributed by atoms with E-state index >= 15 is 0 Å². The van der Waals surface area contributed by atoms with Crippen molar-refractivity contribution in [2.75, 3.05) is 11.9 Å². The lowest BCUT2D eigenvalue weighted by Gasteiger charge is -2.22. The molecule has 2 aromatic carbocycles. The van der Waals surface area contributed by atoms with Gasteiger partial charge in [-0.05, 0) is 35.7 Å². The minimum Gasteiger partial charge on any atom is -0.325 e. The van der Waals surface area contributed by atoms with Gasteiger partial charge in [0, 0.05) is 23.9 Å². The molecule has 0 fully saturated rings. The molecule has 0 bridgehead atoms. The molecule has 0 spiro atoms. The first-order valence-corrected chi connectivity index (χ1v) is 7.90. The number of halogens is 1. The molecule has 7 heteroatoms. The Hall–Kier alpha value is -2.80. The molecule has 132 valence electrons. The topological polar surface area (TPSA) is 84.3 Å². The normalized spacial score (nSPS) is 12.0. The number of rotatable bonds is 7. The Labute approximate surface area is 145 Å². The van der Waals surface area contributed by atoms with Crippen molar-refractivity contribution in [2.24, 2.45) is 5.92 Å². The zero-order valence-corrected chi connectivity index (χ0v) is 14.0. The van der Waals surface area contributed by atoms with Crippen LogP contribution in [0.3, 0.4) is 0 Å². The first-order chi connectivity index (χ1) is 11.9. The summed E-state index contributed by atoms with van der Waals surface area (Å²) in [5.74, 6) is -0.360. The molecule has 0 aliphatic rings. The quantitative estimate of drug-likeness (QED) is 0.592. The van der Waals surface area contributed by atoms with Crippen LogP contribution in [0.15, 0.2) is 48.5 Å². The molecule has 25 heavy (non-hydrogen) atoms. The molecule has 0 saturated heterocycles. The van der Waals surface area contributed by atoms with E-state index in [1.54, 1.807) is 12.1 Å². The number of anilines is 1. The Morgan fingerprint density at radius 2 is 1.72 bits per heavy atom. The van der Waals surface area contributed by atoms with Crippen LogP contribution in [0.4, 0.5) is 15.8 Å². The van der Waals surface area contributed by atoms with E-state index in [0.29, 0.717) is 5.69 Å². The number of hydrogen-bond donors (Lipinski definition) is 2. The zero-order valence-electron chi connectivity index (χ0n) is 14.0. The number of hydrogen-bond acceptors (Lipinski definition) is 4. The Morgan fingerprint density at radius 3 is 2.24 bits per heavy atom. The average Bonchev–Trinajstić information content (AvgIpc) is 2.57. The first kappa shape index (κ1) is 18.5. The monoisotopic (exact) mass is 345 g/mol. The van der Waals surface area contributed by atoms with Crippen molar-refractivity contribution >= 4 is 17.3 Å². The Balaban J connectivity index is 1.94. The average molecular weight is 345 g/mol. The minimum atomic E-state index is -0.497. The van der Waals surface area contributed by atoms with Gasteiger partial charge in [-0.1, -0.05) is 26.0 Å². The summed E-state index contributed by atoms with van der Waals surface area (Å²) in [6, 6.07) is 11.7. The lowest BCUT2D eigenvalue weighted by molar-refractivity contribution is -0.384. The number of benzene rings is 2. The Morgan fingerprint density at radius 1 is 1.12 bits per heavy atom. The van der Waals surface area contributed by atoms with E-state index in [4.69, 9.17) is 0 Å². The van der Waals surface area contributed by atoms with E-state index in [2.05, 4.69) is 10.6 Å². The molecule has 2 N–H and O–H groups in total. The van der Waals surface area contributed by atoms with Crippen LogP contribution in [0.5, 0.6) is 0 Å². The van der Waals surface area contributed by atoms with Crippen LogP contribution in [-0.2, 0) is 4.79 Å². The second-order valence-corrected chi connectivity index (χ2v) is 6.01. The lowest BCUT2D eigenvalue weighted by atomic mass is 9.96. The van der Waals surface area contributed by atoms with Gasteiger partial charge in [0.05, 0.1) is 11.5 Å². The molecule has 0 unspecified atom stereocenters. The van der Waals surface area contributed by atoms with Gasteiger partial charge in [0.1, 0.15) is 5.82 Å². The molecular formula is C18H20FN3O3. The van der Waals surface area contributed by atoms with Gasteiger partial charge >= 0.3 is 0 Å². The summed E-state index contributed by atoms with van der Waals surface area (Å²) >= 11 is 0. The van der Waals surface area contributed by atoms with Crippen LogP contribution in [0.1, 0.15) is 25.5 Å². The van der Waals surface area contributed by atoms with Gasteiger partial charge in [0.2, 0.25) is 5.91 Å². The zero-order chi connectivity index (χ0) is 18.4. The standard InChI is InChI=1S/C18H20FN3O3/c1-12(2)18(13-3-5-14(19)6-4-13)20-11-17(23)21-15-7-9-16(10-8-15)22(24)25/h3-10,12,18,20H,11H2,1-2H3,(H,21,23)/t18-/m0/s1. The third-order valence-electron chi connectivity index (χ3n) is 3.74.